The zero-order valence-electron chi connectivity index (χ0n) is 9.79. The molecule has 0 unspecified atom stereocenters. The minimum Gasteiger partial charge on any atom is -0.125 e. The Labute approximate surface area is 93.3 Å². The highest BCUT2D eigenvalue weighted by molar-refractivity contribution is 5.52. The van der Waals surface area contributed by atoms with Crippen LogP contribution in [0.15, 0.2) is 36.1 Å². The fourth-order valence-electron chi connectivity index (χ4n) is 1.48. The van der Waals surface area contributed by atoms with Gasteiger partial charge in [0, 0.05) is 0 Å². The zero-order chi connectivity index (χ0) is 10.9. The minimum absolute atomic E-state index is 1.15. The van der Waals surface area contributed by atoms with Gasteiger partial charge in [-0.05, 0) is 43.0 Å². The number of rotatable bonds is 5. The van der Waals surface area contributed by atoms with Gasteiger partial charge in [-0.2, -0.15) is 0 Å². The molecule has 0 aromatic heterocycles. The Balaban J connectivity index is 2.47. The van der Waals surface area contributed by atoms with E-state index in [1.165, 1.54) is 30.4 Å². The monoisotopic (exact) mass is 200 g/mol. The van der Waals surface area contributed by atoms with Crippen molar-refractivity contribution in [3.8, 4) is 0 Å². The summed E-state index contributed by atoms with van der Waals surface area (Å²) >= 11 is 0. The van der Waals surface area contributed by atoms with Crippen LogP contribution in [0.2, 0.25) is 0 Å². The summed E-state index contributed by atoms with van der Waals surface area (Å²) in [4.78, 5) is 0. The molecule has 0 heterocycles. The second-order valence-electron chi connectivity index (χ2n) is 3.87. The van der Waals surface area contributed by atoms with Crippen molar-refractivity contribution in [3.63, 3.8) is 0 Å². The van der Waals surface area contributed by atoms with Gasteiger partial charge in [-0.1, -0.05) is 44.0 Å². The highest BCUT2D eigenvalue weighted by atomic mass is 13.9. The molecule has 0 aliphatic carbocycles. The van der Waals surface area contributed by atoms with Crippen molar-refractivity contribution < 1.29 is 0 Å². The smallest absolute Gasteiger partial charge is 0.0128 e. The van der Waals surface area contributed by atoms with Crippen molar-refractivity contribution in [1.82, 2.24) is 0 Å². The average Bonchev–Trinajstić information content (AvgIpc) is 2.25. The molecule has 0 aliphatic heterocycles. The first kappa shape index (κ1) is 11.8. The molecule has 0 atom stereocenters. The molecule has 0 heteroatoms. The first-order chi connectivity index (χ1) is 7.34. The Kier molecular flexibility index (Phi) is 5.58. The van der Waals surface area contributed by atoms with Crippen LogP contribution in [0.3, 0.4) is 0 Å². The molecule has 0 nitrogen and oxygen atoms in total. The van der Waals surface area contributed by atoms with E-state index in [1.807, 2.05) is 0 Å². The van der Waals surface area contributed by atoms with Crippen molar-refractivity contribution in [2.45, 2.75) is 39.5 Å². The van der Waals surface area contributed by atoms with Gasteiger partial charge in [-0.3, -0.25) is 0 Å². The van der Waals surface area contributed by atoms with Gasteiger partial charge in [0.05, 0.1) is 0 Å². The maximum absolute atomic E-state index is 3.25. The summed E-state index contributed by atoms with van der Waals surface area (Å²) in [7, 11) is 0. The molecule has 0 saturated carbocycles. The van der Waals surface area contributed by atoms with Crippen molar-refractivity contribution >= 4 is 6.08 Å². The molecule has 0 bridgehead atoms. The van der Waals surface area contributed by atoms with E-state index in [4.69, 9.17) is 0 Å². The quantitative estimate of drug-likeness (QED) is 0.475. The number of hydrogen-bond acceptors (Lipinski definition) is 0. The SMILES string of the molecule is CCCCCC=C=Cc1ccccc1C. The highest BCUT2D eigenvalue weighted by Crippen LogP contribution is 2.08. The predicted octanol–water partition coefficient (Wildman–Crippen LogP) is 4.74. The molecule has 0 aliphatic rings. The van der Waals surface area contributed by atoms with Crippen molar-refractivity contribution in [2.75, 3.05) is 0 Å². The van der Waals surface area contributed by atoms with Crippen molar-refractivity contribution in [1.29, 1.82) is 0 Å². The summed E-state index contributed by atoms with van der Waals surface area (Å²) in [5, 5.41) is 0. The molecule has 1 aromatic carbocycles. The Hall–Kier alpha value is -1.26. The van der Waals surface area contributed by atoms with Crippen LogP contribution in [0, 0.1) is 6.92 Å². The molecule has 0 radical (unpaired) electrons. The van der Waals surface area contributed by atoms with E-state index >= 15 is 0 Å². The third kappa shape index (κ3) is 4.67. The molecule has 0 fully saturated rings. The summed E-state index contributed by atoms with van der Waals surface area (Å²) in [6.07, 6.45) is 9.25. The lowest BCUT2D eigenvalue weighted by Crippen LogP contribution is -1.76. The van der Waals surface area contributed by atoms with Crippen LogP contribution in [0.25, 0.3) is 6.08 Å². The lowest BCUT2D eigenvalue weighted by Gasteiger charge is -1.95. The van der Waals surface area contributed by atoms with E-state index in [0.717, 1.165) is 6.42 Å². The normalized spacial score (nSPS) is 9.47. The molecule has 0 N–H and O–H groups in total. The summed E-state index contributed by atoms with van der Waals surface area (Å²) in [5.41, 5.74) is 5.83. The third-order valence-electron chi connectivity index (χ3n) is 2.50. The van der Waals surface area contributed by atoms with Gasteiger partial charge in [-0.25, -0.2) is 0 Å². The molecule has 0 spiro atoms. The van der Waals surface area contributed by atoms with Gasteiger partial charge in [0.25, 0.3) is 0 Å². The molecule has 1 rings (SSSR count). The van der Waals surface area contributed by atoms with Gasteiger partial charge >= 0.3 is 0 Å². The maximum atomic E-state index is 3.25. The molecule has 0 saturated heterocycles. The van der Waals surface area contributed by atoms with E-state index < -0.39 is 0 Å². The van der Waals surface area contributed by atoms with Gasteiger partial charge in [0.15, 0.2) is 0 Å². The van der Waals surface area contributed by atoms with Gasteiger partial charge in [0.2, 0.25) is 0 Å². The van der Waals surface area contributed by atoms with Crippen LogP contribution >= 0.6 is 0 Å². The van der Waals surface area contributed by atoms with Gasteiger partial charge in [-0.15, -0.1) is 5.73 Å². The van der Waals surface area contributed by atoms with Crippen LogP contribution in [-0.2, 0) is 0 Å². The fraction of sp³-hybridized carbons (Fsp3) is 0.400. The number of aryl methyl sites for hydroxylation is 1. The lowest BCUT2D eigenvalue weighted by molar-refractivity contribution is 0.729. The van der Waals surface area contributed by atoms with E-state index in [2.05, 4.69) is 56.0 Å². The van der Waals surface area contributed by atoms with Crippen molar-refractivity contribution in [2.24, 2.45) is 0 Å². The fourth-order valence-corrected chi connectivity index (χ4v) is 1.48. The van der Waals surface area contributed by atoms with Crippen molar-refractivity contribution in [3.05, 3.63) is 47.2 Å². The first-order valence-electron chi connectivity index (χ1n) is 5.81. The maximum Gasteiger partial charge on any atom is -0.0128 e. The molecule has 15 heavy (non-hydrogen) atoms. The summed E-state index contributed by atoms with van der Waals surface area (Å²) in [6, 6.07) is 8.39. The second kappa shape index (κ2) is 7.09. The van der Waals surface area contributed by atoms with Gasteiger partial charge < -0.3 is 0 Å². The first-order valence-corrected chi connectivity index (χ1v) is 5.81. The lowest BCUT2D eigenvalue weighted by atomic mass is 10.1. The average molecular weight is 200 g/mol. The van der Waals surface area contributed by atoms with Crippen LogP contribution in [-0.4, -0.2) is 0 Å². The number of hydrogen-bond donors (Lipinski definition) is 0. The molecular formula is C15H20. The number of benzene rings is 1. The van der Waals surface area contributed by atoms with E-state index in [1.54, 1.807) is 0 Å². The molecule has 0 amide bonds. The minimum atomic E-state index is 1.15. The number of allylic oxidation sites excluding steroid dienone is 1. The highest BCUT2D eigenvalue weighted by Gasteiger charge is 1.88. The third-order valence-corrected chi connectivity index (χ3v) is 2.50. The summed E-state index contributed by atoms with van der Waals surface area (Å²) in [5.74, 6) is 0. The zero-order valence-corrected chi connectivity index (χ0v) is 9.79. The Morgan fingerprint density at radius 3 is 2.73 bits per heavy atom. The van der Waals surface area contributed by atoms with E-state index in [0.29, 0.717) is 0 Å². The summed E-state index contributed by atoms with van der Waals surface area (Å²) in [6.45, 7) is 4.36. The summed E-state index contributed by atoms with van der Waals surface area (Å²) < 4.78 is 0. The number of unbranched alkanes of at least 4 members (excludes halogenated alkanes) is 3. The van der Waals surface area contributed by atoms with Gasteiger partial charge in [0.1, 0.15) is 0 Å². The predicted molar refractivity (Wildman–Crippen MR) is 67.9 cm³/mol. The molecular weight excluding hydrogens is 180 g/mol. The van der Waals surface area contributed by atoms with E-state index in [9.17, 15) is 0 Å². The molecule has 1 aromatic rings. The van der Waals surface area contributed by atoms with Crippen LogP contribution in [0.4, 0.5) is 0 Å². The van der Waals surface area contributed by atoms with E-state index in [-0.39, 0.29) is 0 Å². The van der Waals surface area contributed by atoms with Crippen LogP contribution in [0.1, 0.15) is 43.7 Å². The second-order valence-corrected chi connectivity index (χ2v) is 3.87. The Bertz CT molecular complexity index is 341. The topological polar surface area (TPSA) is 0 Å². The van der Waals surface area contributed by atoms with Crippen LogP contribution < -0.4 is 0 Å². The largest absolute Gasteiger partial charge is 0.125 e. The van der Waals surface area contributed by atoms with Crippen LogP contribution in [0.5, 0.6) is 0 Å². The molecule has 80 valence electrons. The Morgan fingerprint density at radius 1 is 1.20 bits per heavy atom. The Morgan fingerprint density at radius 2 is 2.00 bits per heavy atom. The standard InChI is InChI=1S/C15H20/c1-3-4-5-6-7-8-12-15-13-10-9-11-14(15)2/h7,9-13H,3-6H2,1-2H3.